The van der Waals surface area contributed by atoms with Crippen molar-refractivity contribution < 1.29 is 57.4 Å². The van der Waals surface area contributed by atoms with Crippen LogP contribution in [0, 0.1) is 55.7 Å². The van der Waals surface area contributed by atoms with E-state index in [9.17, 15) is 24.3 Å². The molecule has 0 bridgehead atoms. The molecule has 1 amide bonds. The van der Waals surface area contributed by atoms with Crippen molar-refractivity contribution in [2.24, 2.45) is 55.7 Å². The number of hydrogen-bond donors (Lipinski definition) is 2. The molecule has 0 radical (unpaired) electrons. The lowest BCUT2D eigenvalue weighted by Gasteiger charge is -2.25. The highest BCUT2D eigenvalue weighted by molar-refractivity contribution is 7.99. The van der Waals surface area contributed by atoms with Gasteiger partial charge in [-0.25, -0.2) is 0 Å². The summed E-state index contributed by atoms with van der Waals surface area (Å²) in [5.74, 6) is 1.94. The van der Waals surface area contributed by atoms with E-state index in [1.54, 1.807) is 27.7 Å². The van der Waals surface area contributed by atoms with Gasteiger partial charge in [0.05, 0.1) is 48.0 Å². The number of nitrogens with zero attached hydrogens (tertiary/aromatic N) is 1. The molecule has 0 spiro atoms. The maximum Gasteiger partial charge on any atom is 0.311 e. The van der Waals surface area contributed by atoms with Crippen LogP contribution in [0.5, 0.6) is 0 Å². The molecular weight excluding hydrogens is 1270 g/mol. The van der Waals surface area contributed by atoms with Crippen molar-refractivity contribution in [3.8, 4) is 0 Å². The first-order chi connectivity index (χ1) is 44.1. The highest BCUT2D eigenvalue weighted by Gasteiger charge is 2.22. The molecule has 608 valence electrons. The summed E-state index contributed by atoms with van der Waals surface area (Å²) in [6, 6.07) is 0. The Balaban J connectivity index is -0.000000165. The zero-order valence-corrected chi connectivity index (χ0v) is 74.5. The third-order valence-corrected chi connectivity index (χ3v) is 14.6. The number of thioether (sulfide) groups is 1. The van der Waals surface area contributed by atoms with Crippen molar-refractivity contribution in [2.45, 2.75) is 403 Å². The molecule has 0 aliphatic rings. The first-order valence-corrected chi connectivity index (χ1v) is 39.6. The third kappa shape index (κ3) is 114. The van der Waals surface area contributed by atoms with Crippen LogP contribution in [-0.4, -0.2) is 140 Å². The van der Waals surface area contributed by atoms with E-state index in [1.165, 1.54) is 109 Å². The summed E-state index contributed by atoms with van der Waals surface area (Å²) in [6.45, 7) is 87.8. The van der Waals surface area contributed by atoms with Crippen LogP contribution in [0.1, 0.15) is 367 Å². The molecule has 0 rings (SSSR count). The van der Waals surface area contributed by atoms with Gasteiger partial charge in [-0.05, 0) is 230 Å². The topological polar surface area (TPSA) is 168 Å². The minimum absolute atomic E-state index is 0. The Labute approximate surface area is 629 Å². The first-order valence-electron chi connectivity index (χ1n) is 38.4. The predicted octanol–water partition coefficient (Wildman–Crippen LogP) is 23.3. The lowest BCUT2D eigenvalue weighted by atomic mass is 9.90. The van der Waals surface area contributed by atoms with Crippen molar-refractivity contribution in [2.75, 3.05) is 71.2 Å². The van der Waals surface area contributed by atoms with Crippen molar-refractivity contribution in [1.82, 2.24) is 10.2 Å². The van der Waals surface area contributed by atoms with Crippen LogP contribution in [0.25, 0.3) is 0 Å². The van der Waals surface area contributed by atoms with Gasteiger partial charge in [0, 0.05) is 45.1 Å². The van der Waals surface area contributed by atoms with Crippen molar-refractivity contribution >= 4 is 35.6 Å². The molecule has 0 aliphatic heterocycles. The molecule has 15 heteroatoms. The van der Waals surface area contributed by atoms with E-state index < -0.39 is 12.4 Å². The number of esters is 3. The van der Waals surface area contributed by atoms with Gasteiger partial charge in [-0.15, -0.1) is 0 Å². The summed E-state index contributed by atoms with van der Waals surface area (Å²) in [4.78, 5) is 47.0. The van der Waals surface area contributed by atoms with Crippen LogP contribution < -0.4 is 5.32 Å². The largest absolute Gasteiger partial charge is 0.463 e. The zero-order chi connectivity index (χ0) is 79.7. The van der Waals surface area contributed by atoms with Gasteiger partial charge in [0.1, 0.15) is 6.10 Å². The molecule has 0 fully saturated rings. The number of nitrogens with one attached hydrogen (secondary N) is 1. The van der Waals surface area contributed by atoms with Crippen LogP contribution in [0.15, 0.2) is 0 Å². The molecule has 2 N–H and O–H groups in total. The quantitative estimate of drug-likeness (QED) is 0.0362. The maximum absolute atomic E-state index is 11.5. The molecule has 100 heavy (non-hydrogen) atoms. The Morgan fingerprint density at radius 2 is 0.730 bits per heavy atom. The minimum atomic E-state index is -0.806. The molecule has 0 unspecified atom stereocenters. The van der Waals surface area contributed by atoms with Gasteiger partial charge in [0.15, 0.2) is 0 Å². The summed E-state index contributed by atoms with van der Waals surface area (Å²) < 4.78 is 36.6. The van der Waals surface area contributed by atoms with E-state index in [0.717, 1.165) is 19.6 Å². The Morgan fingerprint density at radius 1 is 0.420 bits per heavy atom. The Morgan fingerprint density at radius 3 is 1.00 bits per heavy atom. The van der Waals surface area contributed by atoms with Crippen molar-refractivity contribution in [1.29, 1.82) is 0 Å². The minimum Gasteiger partial charge on any atom is -0.463 e. The fourth-order valence-corrected chi connectivity index (χ4v) is 8.72. The van der Waals surface area contributed by atoms with Crippen molar-refractivity contribution in [3.63, 3.8) is 0 Å². The van der Waals surface area contributed by atoms with E-state index in [-0.39, 0.29) is 71.4 Å². The SMILES string of the molecule is C.CC(C)(C)CCCOCCCC(C)(C)C.CC(C)(C)CCCSCCCC(C)(C)C.CC(C)(C)OCC(O)COC(C)(C)C.CC(C)(C)OCCCNC(=O)C(C)(C)C.CC(C)CC(=O)OC(C)C.CC(OC(=O)C(C)C)OC(=O)C(C)C.CN(CCCC(C)(C)C)CCCC(C)(C)C. The zero-order valence-electron chi connectivity index (χ0n) is 73.7. The number of aliphatic hydroxyl groups excluding tert-OH is 1. The predicted molar refractivity (Wildman–Crippen MR) is 437 cm³/mol. The summed E-state index contributed by atoms with van der Waals surface area (Å²) in [6.07, 6.45) is 15.7. The van der Waals surface area contributed by atoms with E-state index in [0.29, 0.717) is 71.2 Å². The van der Waals surface area contributed by atoms with Gasteiger partial charge in [-0.1, -0.05) is 194 Å². The lowest BCUT2D eigenvalue weighted by molar-refractivity contribution is -0.189. The molecule has 0 aliphatic carbocycles. The highest BCUT2D eigenvalue weighted by Crippen LogP contribution is 2.27. The first kappa shape index (κ1) is 114. The Bertz CT molecular complexity index is 1770. The lowest BCUT2D eigenvalue weighted by Crippen LogP contribution is -2.35. The average molecular weight is 1450 g/mol. The number of carbonyl (C=O) groups excluding carboxylic acids is 4. The number of rotatable bonds is 33. The molecule has 14 nitrogen and oxygen atoms in total. The van der Waals surface area contributed by atoms with Gasteiger partial charge in [-0.2, -0.15) is 11.8 Å². The van der Waals surface area contributed by atoms with E-state index in [2.05, 4.69) is 154 Å². The van der Waals surface area contributed by atoms with Gasteiger partial charge in [0.25, 0.3) is 0 Å². The van der Waals surface area contributed by atoms with E-state index in [4.69, 9.17) is 33.2 Å². The van der Waals surface area contributed by atoms with Crippen LogP contribution >= 0.6 is 11.8 Å². The van der Waals surface area contributed by atoms with Gasteiger partial charge >= 0.3 is 17.9 Å². The molecule has 0 atom stereocenters. The second-order valence-electron chi connectivity index (χ2n) is 39.7. The van der Waals surface area contributed by atoms with Crippen LogP contribution in [-0.2, 0) is 52.3 Å². The summed E-state index contributed by atoms with van der Waals surface area (Å²) >= 11 is 2.13. The molecular formula is C85H180N2O12S. The van der Waals surface area contributed by atoms with Crippen LogP contribution in [0.2, 0.25) is 0 Å². The fraction of sp³-hybridized carbons (Fsp3) is 0.953. The third-order valence-electron chi connectivity index (χ3n) is 13.5. The molecule has 0 heterocycles. The van der Waals surface area contributed by atoms with Gasteiger partial charge < -0.3 is 48.5 Å². The summed E-state index contributed by atoms with van der Waals surface area (Å²) in [5.41, 5.74) is 2.13. The Kier molecular flexibility index (Phi) is 66.2. The molecule has 0 aromatic rings. The fourth-order valence-electron chi connectivity index (χ4n) is 7.82. The number of hydrogen-bond acceptors (Lipinski definition) is 14. The molecule has 0 aromatic heterocycles. The number of ether oxygens (including phenoxy) is 7. The number of carbonyl (C=O) groups is 4. The molecule has 0 aromatic carbocycles. The van der Waals surface area contributed by atoms with Gasteiger partial charge in [-0.3, -0.25) is 19.2 Å². The average Bonchev–Trinajstić information content (AvgIpc) is 0.931. The molecule has 0 saturated heterocycles. The summed E-state index contributed by atoms with van der Waals surface area (Å²) in [5, 5.41) is 12.4. The Hall–Kier alpha value is -2.01. The standard InChI is InChI=1S/C15H33N.C14H30O.C14H30S.C12H25NO2.C11H24O3.C10H18O4.C8H16O2.CH4/c1-14(2,3)10-8-12-16(7)13-9-11-15(4,5)6;2*1-13(2,3)9-7-11-15-12-8-10-14(4,5)6;1-11(2,3)10(14)13-8-7-9-15-12(4,5)6;1-10(2,3)13-7-9(12)8-14-11(4,5)6;1-6(2)9(11)13-8(5)14-10(12)7(3)4;1-6(2)5-8(9)10-7(3)4;/h8-13H2,1-7H3;2*7-12H2,1-6H3;7-9H2,1-6H3,(H,13,14);9,12H,7-8H2,1-6H3;6-8H,1-5H3;6-7H,5H2,1-4H3;1H4. The second-order valence-corrected chi connectivity index (χ2v) is 40.9. The number of aliphatic hydroxyl groups is 1. The normalized spacial score (nSPS) is 12.5. The monoisotopic (exact) mass is 1450 g/mol. The van der Waals surface area contributed by atoms with E-state index in [1.807, 2.05) is 111 Å². The highest BCUT2D eigenvalue weighted by atomic mass is 32.2. The molecule has 0 saturated carbocycles. The van der Waals surface area contributed by atoms with Crippen LogP contribution in [0.3, 0.4) is 0 Å². The number of amides is 1. The van der Waals surface area contributed by atoms with Crippen molar-refractivity contribution in [3.05, 3.63) is 0 Å². The summed E-state index contributed by atoms with van der Waals surface area (Å²) in [7, 11) is 2.26. The second kappa shape index (κ2) is 58.1. The van der Waals surface area contributed by atoms with Crippen LogP contribution in [0.4, 0.5) is 0 Å². The van der Waals surface area contributed by atoms with E-state index >= 15 is 0 Å². The smallest absolute Gasteiger partial charge is 0.311 e. The van der Waals surface area contributed by atoms with Gasteiger partial charge in [0.2, 0.25) is 12.2 Å². The maximum atomic E-state index is 11.5.